The molecule has 1 aromatic carbocycles. The summed E-state index contributed by atoms with van der Waals surface area (Å²) in [7, 11) is 0. The van der Waals surface area contributed by atoms with Crippen LogP contribution in [0, 0.1) is 6.92 Å². The third-order valence-corrected chi connectivity index (χ3v) is 8.31. The number of nitrogens with one attached hydrogen (secondary N) is 1. The van der Waals surface area contributed by atoms with E-state index in [1.165, 1.54) is 11.3 Å². The van der Waals surface area contributed by atoms with Crippen LogP contribution < -0.4 is 10.2 Å². The van der Waals surface area contributed by atoms with Crippen LogP contribution in [-0.4, -0.2) is 28.0 Å². The highest BCUT2D eigenvalue weighted by molar-refractivity contribution is 7.19. The molecule has 2 aliphatic rings. The molecule has 6 heteroatoms. The lowest BCUT2D eigenvalue weighted by molar-refractivity contribution is -0.127. The van der Waals surface area contributed by atoms with Crippen LogP contribution in [0.2, 0.25) is 0 Å². The Hall–Kier alpha value is -2.60. The monoisotopic (exact) mass is 449 g/mol. The van der Waals surface area contributed by atoms with E-state index in [9.17, 15) is 9.59 Å². The second-order valence-corrected chi connectivity index (χ2v) is 10.7. The first-order valence-corrected chi connectivity index (χ1v) is 12.6. The number of hydrogen-bond donors (Lipinski definition) is 1. The largest absolute Gasteiger partial charge is 0.351 e. The maximum absolute atomic E-state index is 13.9. The number of amides is 2. The molecule has 2 amide bonds. The average Bonchev–Trinajstić information content (AvgIpc) is 3.34. The summed E-state index contributed by atoms with van der Waals surface area (Å²) in [6, 6.07) is 12.3. The summed E-state index contributed by atoms with van der Waals surface area (Å²) in [6.07, 6.45) is 6.55. The fourth-order valence-corrected chi connectivity index (χ4v) is 6.23. The number of anilines is 1. The molecule has 1 N–H and O–H groups in total. The molecule has 0 saturated heterocycles. The Morgan fingerprint density at radius 1 is 1.16 bits per heavy atom. The molecule has 5 rings (SSSR count). The summed E-state index contributed by atoms with van der Waals surface area (Å²) in [5, 5.41) is 3.30. The number of nitrogens with zero attached hydrogens (tertiary/aromatic N) is 2. The minimum absolute atomic E-state index is 0.0585. The number of aromatic nitrogens is 1. The zero-order valence-corrected chi connectivity index (χ0v) is 19.9. The number of thiophene rings is 1. The predicted octanol–water partition coefficient (Wildman–Crippen LogP) is 5.44. The zero-order chi connectivity index (χ0) is 22.5. The normalized spacial score (nSPS) is 21.7. The van der Waals surface area contributed by atoms with E-state index in [1.54, 1.807) is 16.2 Å². The molecule has 168 valence electrons. The molecule has 1 fully saturated rings. The Kier molecular flexibility index (Phi) is 5.36. The van der Waals surface area contributed by atoms with Gasteiger partial charge in [0.25, 0.3) is 5.91 Å². The first-order valence-electron chi connectivity index (χ1n) is 11.7. The van der Waals surface area contributed by atoms with Crippen LogP contribution in [0.4, 0.5) is 5.69 Å². The first-order chi connectivity index (χ1) is 15.4. The van der Waals surface area contributed by atoms with Crippen molar-refractivity contribution in [1.82, 2.24) is 9.88 Å². The van der Waals surface area contributed by atoms with Crippen molar-refractivity contribution >= 4 is 39.1 Å². The quantitative estimate of drug-likeness (QED) is 0.576. The van der Waals surface area contributed by atoms with Gasteiger partial charge in [0.15, 0.2) is 0 Å². The Morgan fingerprint density at radius 2 is 1.88 bits per heavy atom. The van der Waals surface area contributed by atoms with Gasteiger partial charge in [-0.15, -0.1) is 11.3 Å². The van der Waals surface area contributed by atoms with Crippen molar-refractivity contribution in [1.29, 1.82) is 0 Å². The topological polar surface area (TPSA) is 54.3 Å². The highest BCUT2D eigenvalue weighted by Crippen LogP contribution is 2.38. The fourth-order valence-electron chi connectivity index (χ4n) is 5.19. The van der Waals surface area contributed by atoms with Crippen molar-refractivity contribution in [2.24, 2.45) is 0 Å². The number of fused-ring (bicyclic) bond motifs is 3. The van der Waals surface area contributed by atoms with Crippen LogP contribution in [0.1, 0.15) is 66.9 Å². The average molecular weight is 450 g/mol. The smallest absolute Gasteiger partial charge is 0.275 e. The molecule has 0 spiro atoms. The van der Waals surface area contributed by atoms with E-state index in [4.69, 9.17) is 0 Å². The highest BCUT2D eigenvalue weighted by Gasteiger charge is 2.49. The molecular formula is C26H31N3O2S. The van der Waals surface area contributed by atoms with E-state index in [1.807, 2.05) is 44.2 Å². The van der Waals surface area contributed by atoms with Gasteiger partial charge in [-0.2, -0.15) is 0 Å². The van der Waals surface area contributed by atoms with Gasteiger partial charge in [-0.1, -0.05) is 43.9 Å². The van der Waals surface area contributed by atoms with Gasteiger partial charge >= 0.3 is 0 Å². The first kappa shape index (κ1) is 21.3. The van der Waals surface area contributed by atoms with Gasteiger partial charge < -0.3 is 9.88 Å². The lowest BCUT2D eigenvalue weighted by atomic mass is 9.91. The van der Waals surface area contributed by atoms with Crippen LogP contribution in [0.5, 0.6) is 0 Å². The number of rotatable bonds is 4. The van der Waals surface area contributed by atoms with Crippen LogP contribution in [0.15, 0.2) is 36.4 Å². The number of carbonyl (C=O) groups is 2. The van der Waals surface area contributed by atoms with E-state index >= 15 is 0 Å². The number of carbonyl (C=O) groups excluding carboxylic acids is 2. The molecule has 1 aliphatic heterocycles. The fraction of sp³-hybridized carbons (Fsp3) is 0.462. The van der Waals surface area contributed by atoms with Crippen molar-refractivity contribution in [3.05, 3.63) is 52.5 Å². The highest BCUT2D eigenvalue weighted by atomic mass is 32.1. The van der Waals surface area contributed by atoms with Crippen molar-refractivity contribution in [3.63, 3.8) is 0 Å². The van der Waals surface area contributed by atoms with Crippen LogP contribution in [-0.2, 0) is 17.8 Å². The summed E-state index contributed by atoms with van der Waals surface area (Å²) in [5.74, 6) is -0.167. The summed E-state index contributed by atoms with van der Waals surface area (Å²) >= 11 is 1.74. The maximum Gasteiger partial charge on any atom is 0.275 e. The van der Waals surface area contributed by atoms with Crippen molar-refractivity contribution in [2.75, 3.05) is 4.90 Å². The van der Waals surface area contributed by atoms with E-state index < -0.39 is 5.54 Å². The number of aryl methyl sites for hydroxylation is 2. The van der Waals surface area contributed by atoms with Crippen LogP contribution >= 0.6 is 11.3 Å². The van der Waals surface area contributed by atoms with E-state index in [2.05, 4.69) is 22.9 Å². The van der Waals surface area contributed by atoms with Gasteiger partial charge in [0.2, 0.25) is 5.91 Å². The molecular weight excluding hydrogens is 418 g/mol. The molecule has 1 atom stereocenters. The summed E-state index contributed by atoms with van der Waals surface area (Å²) in [4.78, 5) is 30.7. The summed E-state index contributed by atoms with van der Waals surface area (Å²) in [6.45, 7) is 6.55. The molecule has 1 aliphatic carbocycles. The van der Waals surface area contributed by atoms with E-state index in [0.29, 0.717) is 12.2 Å². The second-order valence-electron chi connectivity index (χ2n) is 9.49. The molecule has 2 aromatic heterocycles. The molecule has 5 nitrogen and oxygen atoms in total. The minimum atomic E-state index is -1.00. The van der Waals surface area contributed by atoms with Gasteiger partial charge in [-0.25, -0.2) is 0 Å². The van der Waals surface area contributed by atoms with Gasteiger partial charge in [0, 0.05) is 16.6 Å². The van der Waals surface area contributed by atoms with Crippen molar-refractivity contribution in [3.8, 4) is 0 Å². The SMILES string of the molecule is CCc1cc2c(cc3n2C[C@@](C)(C(=O)NC2CCCCC2)N(c2ccc(C)cc2)C3=O)s1. The molecule has 1 saturated carbocycles. The third kappa shape index (κ3) is 3.45. The van der Waals surface area contributed by atoms with Crippen LogP contribution in [0.3, 0.4) is 0 Å². The Bertz CT molecular complexity index is 1170. The van der Waals surface area contributed by atoms with Crippen LogP contribution in [0.25, 0.3) is 10.2 Å². The van der Waals surface area contributed by atoms with Gasteiger partial charge in [-0.3, -0.25) is 14.5 Å². The third-order valence-electron chi connectivity index (χ3n) is 7.09. The molecule has 0 radical (unpaired) electrons. The van der Waals surface area contributed by atoms with E-state index in [-0.39, 0.29) is 17.9 Å². The molecule has 3 heterocycles. The van der Waals surface area contributed by atoms with E-state index in [0.717, 1.165) is 53.6 Å². The Labute approximate surface area is 193 Å². The Balaban J connectivity index is 1.60. The van der Waals surface area contributed by atoms with Gasteiger partial charge in [0.1, 0.15) is 11.2 Å². The lowest BCUT2D eigenvalue weighted by Gasteiger charge is -2.44. The molecule has 32 heavy (non-hydrogen) atoms. The zero-order valence-electron chi connectivity index (χ0n) is 19.1. The lowest BCUT2D eigenvalue weighted by Crippen LogP contribution is -2.65. The molecule has 0 bridgehead atoms. The Morgan fingerprint density at radius 3 is 2.56 bits per heavy atom. The van der Waals surface area contributed by atoms with Gasteiger partial charge in [-0.05, 0) is 57.4 Å². The second kappa shape index (κ2) is 8.07. The maximum atomic E-state index is 13.9. The summed E-state index contributed by atoms with van der Waals surface area (Å²) in [5.41, 5.74) is 2.62. The van der Waals surface area contributed by atoms with Gasteiger partial charge in [0.05, 0.1) is 16.8 Å². The minimum Gasteiger partial charge on any atom is -0.351 e. The van der Waals surface area contributed by atoms with Crippen molar-refractivity contribution < 1.29 is 9.59 Å². The molecule has 3 aromatic rings. The standard InChI is InChI=1S/C26H31N3O2S/c1-4-20-14-21-23(32-20)15-22-24(30)29(19-12-10-17(2)11-13-19)26(3,16-28(21)22)25(31)27-18-8-6-5-7-9-18/h10-15,18H,4-9,16H2,1-3H3,(H,27,31)/t26-/m0/s1. The summed E-state index contributed by atoms with van der Waals surface area (Å²) < 4.78 is 3.18. The number of hydrogen-bond acceptors (Lipinski definition) is 3. The molecule has 0 unspecified atom stereocenters. The predicted molar refractivity (Wildman–Crippen MR) is 131 cm³/mol. The van der Waals surface area contributed by atoms with Crippen molar-refractivity contribution in [2.45, 2.75) is 77.4 Å². The number of benzene rings is 1.